The molecule has 0 saturated heterocycles. The van der Waals surface area contributed by atoms with Crippen LogP contribution < -0.4 is 4.72 Å². The molecular weight excluding hydrogens is 386 g/mol. The van der Waals surface area contributed by atoms with Gasteiger partial charge in [0.1, 0.15) is 0 Å². The quantitative estimate of drug-likeness (QED) is 0.649. The average Bonchev–Trinajstić information content (AvgIpc) is 2.77. The normalized spacial score (nSPS) is 12.3. The van der Waals surface area contributed by atoms with Gasteiger partial charge in [-0.1, -0.05) is 42.5 Å². The summed E-state index contributed by atoms with van der Waals surface area (Å²) in [5.74, 6) is -0.263. The van der Waals surface area contributed by atoms with Crippen molar-refractivity contribution in [3.05, 3.63) is 95.8 Å². The maximum atomic E-state index is 12.9. The summed E-state index contributed by atoms with van der Waals surface area (Å²) in [5.41, 5.74) is 2.07. The summed E-state index contributed by atoms with van der Waals surface area (Å²) in [6.07, 6.45) is 3.39. The Kier molecular flexibility index (Phi) is 6.41. The van der Waals surface area contributed by atoms with E-state index in [4.69, 9.17) is 0 Å². The Labute approximate surface area is 171 Å². The van der Waals surface area contributed by atoms with Crippen LogP contribution in [0.15, 0.2) is 84.0 Å². The summed E-state index contributed by atoms with van der Waals surface area (Å²) in [6.45, 7) is 2.08. The van der Waals surface area contributed by atoms with E-state index in [0.29, 0.717) is 5.56 Å². The molecule has 29 heavy (non-hydrogen) atoms. The van der Waals surface area contributed by atoms with Crippen LogP contribution in [0.1, 0.15) is 34.5 Å². The Balaban J connectivity index is 1.76. The summed E-state index contributed by atoms with van der Waals surface area (Å²) >= 11 is 0. The first-order valence-electron chi connectivity index (χ1n) is 9.19. The molecule has 0 radical (unpaired) electrons. The first-order valence-corrected chi connectivity index (χ1v) is 10.7. The maximum absolute atomic E-state index is 12.9. The molecule has 7 heteroatoms. The molecule has 0 aliphatic heterocycles. The highest BCUT2D eigenvalue weighted by Gasteiger charge is 2.21. The smallest absolute Gasteiger partial charge is 0.254 e. The van der Waals surface area contributed by atoms with Crippen LogP contribution in [0, 0.1) is 0 Å². The van der Waals surface area contributed by atoms with Gasteiger partial charge in [0.15, 0.2) is 0 Å². The molecule has 0 fully saturated rings. The number of nitrogens with zero attached hydrogens (tertiary/aromatic N) is 2. The zero-order valence-electron chi connectivity index (χ0n) is 16.3. The van der Waals surface area contributed by atoms with Crippen LogP contribution in [-0.2, 0) is 16.6 Å². The summed E-state index contributed by atoms with van der Waals surface area (Å²) in [4.78, 5) is 18.6. The number of carbonyl (C=O) groups is 1. The summed E-state index contributed by atoms with van der Waals surface area (Å²) in [7, 11) is -2.05. The second-order valence-electron chi connectivity index (χ2n) is 6.72. The fraction of sp³-hybridized carbons (Fsp3) is 0.182. The molecule has 150 valence electrons. The van der Waals surface area contributed by atoms with E-state index in [1.807, 2.05) is 49.4 Å². The number of rotatable bonds is 7. The van der Waals surface area contributed by atoms with Crippen LogP contribution in [0.25, 0.3) is 0 Å². The number of sulfonamides is 1. The Bertz CT molecular complexity index is 1070. The van der Waals surface area contributed by atoms with Gasteiger partial charge in [0, 0.05) is 31.5 Å². The Morgan fingerprint density at radius 1 is 1.07 bits per heavy atom. The minimum absolute atomic E-state index is 0.0571. The minimum atomic E-state index is -3.74. The van der Waals surface area contributed by atoms with Crippen molar-refractivity contribution in [3.63, 3.8) is 0 Å². The third-order valence-corrected chi connectivity index (χ3v) is 6.17. The van der Waals surface area contributed by atoms with Crippen molar-refractivity contribution in [1.82, 2.24) is 14.6 Å². The van der Waals surface area contributed by atoms with E-state index >= 15 is 0 Å². The zero-order chi connectivity index (χ0) is 20.9. The lowest BCUT2D eigenvalue weighted by atomic mass is 10.1. The van der Waals surface area contributed by atoms with E-state index in [9.17, 15) is 13.2 Å². The second kappa shape index (κ2) is 8.98. The van der Waals surface area contributed by atoms with Gasteiger partial charge in [-0.2, -0.15) is 0 Å². The lowest BCUT2D eigenvalue weighted by Crippen LogP contribution is -2.30. The monoisotopic (exact) mass is 409 g/mol. The fourth-order valence-corrected chi connectivity index (χ4v) is 3.94. The average molecular weight is 410 g/mol. The number of benzene rings is 2. The van der Waals surface area contributed by atoms with Gasteiger partial charge in [0.05, 0.1) is 10.9 Å². The molecule has 6 nitrogen and oxygen atoms in total. The molecule has 0 aliphatic carbocycles. The van der Waals surface area contributed by atoms with Crippen molar-refractivity contribution in [3.8, 4) is 0 Å². The Hall–Kier alpha value is -3.03. The van der Waals surface area contributed by atoms with Crippen molar-refractivity contribution in [2.75, 3.05) is 7.05 Å². The van der Waals surface area contributed by atoms with Gasteiger partial charge < -0.3 is 4.90 Å². The van der Waals surface area contributed by atoms with E-state index < -0.39 is 10.0 Å². The number of nitrogens with one attached hydrogen (secondary N) is 1. The minimum Gasteiger partial charge on any atom is -0.335 e. The van der Waals surface area contributed by atoms with Gasteiger partial charge in [0.25, 0.3) is 5.91 Å². The van der Waals surface area contributed by atoms with Crippen LogP contribution in [0.5, 0.6) is 0 Å². The molecule has 0 spiro atoms. The first-order chi connectivity index (χ1) is 13.9. The molecule has 3 rings (SSSR count). The second-order valence-corrected chi connectivity index (χ2v) is 8.48. The molecule has 3 aromatic rings. The molecule has 0 aliphatic rings. The summed E-state index contributed by atoms with van der Waals surface area (Å²) in [6, 6.07) is 18.8. The van der Waals surface area contributed by atoms with Gasteiger partial charge in [-0.15, -0.1) is 0 Å². The van der Waals surface area contributed by atoms with Gasteiger partial charge >= 0.3 is 0 Å². The predicted molar refractivity (Wildman–Crippen MR) is 112 cm³/mol. The number of carbonyl (C=O) groups excluding carboxylic acids is 1. The number of hydrogen-bond acceptors (Lipinski definition) is 4. The molecular formula is C22H23N3O3S. The van der Waals surface area contributed by atoms with Crippen molar-refractivity contribution in [2.24, 2.45) is 0 Å². The molecule has 1 heterocycles. The Morgan fingerprint density at radius 3 is 2.52 bits per heavy atom. The lowest BCUT2D eigenvalue weighted by molar-refractivity contribution is 0.0742. The molecule has 1 atom stereocenters. The molecule has 1 N–H and O–H groups in total. The topological polar surface area (TPSA) is 79.4 Å². The number of hydrogen-bond donors (Lipinski definition) is 1. The fourth-order valence-electron chi connectivity index (χ4n) is 2.88. The highest BCUT2D eigenvalue weighted by atomic mass is 32.2. The molecule has 0 bridgehead atoms. The van der Waals surface area contributed by atoms with E-state index in [0.717, 1.165) is 11.1 Å². The van der Waals surface area contributed by atoms with Crippen molar-refractivity contribution >= 4 is 15.9 Å². The third-order valence-electron chi connectivity index (χ3n) is 4.77. The highest BCUT2D eigenvalue weighted by molar-refractivity contribution is 7.89. The molecule has 0 unspecified atom stereocenters. The largest absolute Gasteiger partial charge is 0.335 e. The third kappa shape index (κ3) is 5.07. The molecule has 1 amide bonds. The standard InChI is InChI=1S/C22H23N3O3S/c1-17(20-11-7-13-23-16-20)25(2)22(26)19-10-6-12-21(14-19)29(27,28)24-15-18-8-4-3-5-9-18/h3-14,16-17,24H,15H2,1-2H3/t17-/m0/s1. The highest BCUT2D eigenvalue weighted by Crippen LogP contribution is 2.21. The molecule has 2 aromatic carbocycles. The van der Waals surface area contributed by atoms with E-state index in [2.05, 4.69) is 9.71 Å². The van der Waals surface area contributed by atoms with Crippen molar-refractivity contribution in [2.45, 2.75) is 24.4 Å². The van der Waals surface area contributed by atoms with Crippen molar-refractivity contribution in [1.29, 1.82) is 0 Å². The van der Waals surface area contributed by atoms with E-state index in [1.165, 1.54) is 12.1 Å². The Morgan fingerprint density at radius 2 is 1.83 bits per heavy atom. The number of pyridine rings is 1. The maximum Gasteiger partial charge on any atom is 0.254 e. The van der Waals surface area contributed by atoms with Crippen molar-refractivity contribution < 1.29 is 13.2 Å². The zero-order valence-corrected chi connectivity index (χ0v) is 17.1. The molecule has 1 aromatic heterocycles. The number of amides is 1. The van der Waals surface area contributed by atoms with Crippen LogP contribution in [0.3, 0.4) is 0 Å². The van der Waals surface area contributed by atoms with Crippen LogP contribution in [-0.4, -0.2) is 31.3 Å². The number of aromatic nitrogens is 1. The van der Waals surface area contributed by atoms with Gasteiger partial charge in [-0.3, -0.25) is 9.78 Å². The van der Waals surface area contributed by atoms with Crippen LogP contribution >= 0.6 is 0 Å². The van der Waals surface area contributed by atoms with E-state index in [1.54, 1.807) is 36.5 Å². The molecule has 0 saturated carbocycles. The van der Waals surface area contributed by atoms with Crippen LogP contribution in [0.4, 0.5) is 0 Å². The van der Waals surface area contributed by atoms with E-state index in [-0.39, 0.29) is 23.4 Å². The summed E-state index contributed by atoms with van der Waals surface area (Å²) < 4.78 is 27.9. The first kappa shape index (κ1) is 20.7. The summed E-state index contributed by atoms with van der Waals surface area (Å²) in [5, 5.41) is 0. The predicted octanol–water partition coefficient (Wildman–Crippen LogP) is 3.39. The van der Waals surface area contributed by atoms with Gasteiger partial charge in [0.2, 0.25) is 10.0 Å². The van der Waals surface area contributed by atoms with Crippen LogP contribution in [0.2, 0.25) is 0 Å². The lowest BCUT2D eigenvalue weighted by Gasteiger charge is -2.25. The van der Waals surface area contributed by atoms with Gasteiger partial charge in [-0.25, -0.2) is 13.1 Å². The van der Waals surface area contributed by atoms with Gasteiger partial charge in [-0.05, 0) is 42.3 Å². The SMILES string of the molecule is C[C@@H](c1cccnc1)N(C)C(=O)c1cccc(S(=O)(=O)NCc2ccccc2)c1.